The number of rotatable bonds is 10. The van der Waals surface area contributed by atoms with Gasteiger partial charge in [0.1, 0.15) is 6.33 Å². The Morgan fingerprint density at radius 2 is 1.89 bits per heavy atom. The SMILES string of the molecule is C=NC(=O)CCc1cncnc1.C=NC1=C(SCC(C)(F)F)CCN(CCC2CCCCC2)C1.CO. The maximum absolute atomic E-state index is 13.0. The predicted octanol–water partition coefficient (Wildman–Crippen LogP) is 5.21. The summed E-state index contributed by atoms with van der Waals surface area (Å²) < 4.78 is 26.0. The van der Waals surface area contributed by atoms with Crippen molar-refractivity contribution < 1.29 is 18.7 Å². The van der Waals surface area contributed by atoms with Gasteiger partial charge in [-0.1, -0.05) is 32.1 Å². The minimum atomic E-state index is -2.62. The van der Waals surface area contributed by atoms with Crippen LogP contribution in [0.2, 0.25) is 0 Å². The molecular weight excluding hydrogens is 484 g/mol. The lowest BCUT2D eigenvalue weighted by atomic mass is 9.87. The lowest BCUT2D eigenvalue weighted by molar-refractivity contribution is -0.117. The normalized spacial score (nSPS) is 16.8. The summed E-state index contributed by atoms with van der Waals surface area (Å²) in [7, 11) is 1.00. The molecule has 0 spiro atoms. The Kier molecular flexibility index (Phi) is 16.2. The average molecular weight is 526 g/mol. The summed E-state index contributed by atoms with van der Waals surface area (Å²) in [5.74, 6) is -2.10. The van der Waals surface area contributed by atoms with E-state index in [2.05, 4.69) is 38.3 Å². The Morgan fingerprint density at radius 1 is 1.22 bits per heavy atom. The summed E-state index contributed by atoms with van der Waals surface area (Å²) >= 11 is 1.25. The zero-order valence-corrected chi connectivity index (χ0v) is 22.5. The molecule has 1 amide bonds. The van der Waals surface area contributed by atoms with Gasteiger partial charge in [-0.05, 0) is 50.7 Å². The molecular formula is C26H41F2N5O2S. The second-order valence-electron chi connectivity index (χ2n) is 9.00. The molecule has 7 nitrogen and oxygen atoms in total. The first-order valence-corrected chi connectivity index (χ1v) is 13.4. The lowest BCUT2D eigenvalue weighted by Crippen LogP contribution is -2.33. The van der Waals surface area contributed by atoms with Crippen LogP contribution in [-0.2, 0) is 11.2 Å². The number of aliphatic hydroxyl groups excluding tert-OH is 1. The molecule has 1 N–H and O–H groups in total. The Hall–Kier alpha value is -2.04. The van der Waals surface area contributed by atoms with Crippen molar-refractivity contribution in [2.24, 2.45) is 15.9 Å². The van der Waals surface area contributed by atoms with Crippen LogP contribution in [0.25, 0.3) is 0 Å². The molecule has 3 rings (SSSR count). The van der Waals surface area contributed by atoms with Crippen molar-refractivity contribution in [2.75, 3.05) is 32.5 Å². The average Bonchev–Trinajstić information content (AvgIpc) is 2.91. The number of hydrogen-bond acceptors (Lipinski definition) is 7. The molecule has 1 aromatic rings. The number of aryl methyl sites for hydroxylation is 1. The number of alkyl halides is 2. The molecule has 1 aromatic heterocycles. The molecule has 0 bridgehead atoms. The van der Waals surface area contributed by atoms with Gasteiger partial charge in [0.05, 0.1) is 11.4 Å². The number of hydrogen-bond donors (Lipinski definition) is 1. The molecule has 1 saturated carbocycles. The van der Waals surface area contributed by atoms with Crippen molar-refractivity contribution in [2.45, 2.75) is 70.6 Å². The highest BCUT2D eigenvalue weighted by molar-refractivity contribution is 8.03. The van der Waals surface area contributed by atoms with E-state index < -0.39 is 5.92 Å². The van der Waals surface area contributed by atoms with Crippen LogP contribution in [0, 0.1) is 5.92 Å². The predicted molar refractivity (Wildman–Crippen MR) is 145 cm³/mol. The van der Waals surface area contributed by atoms with E-state index in [9.17, 15) is 13.6 Å². The number of carbonyl (C=O) groups excluding carboxylic acids is 1. The number of amides is 1. The highest BCUT2D eigenvalue weighted by Gasteiger charge is 2.25. The van der Waals surface area contributed by atoms with Crippen LogP contribution >= 0.6 is 11.8 Å². The number of aromatic nitrogens is 2. The zero-order valence-electron chi connectivity index (χ0n) is 21.7. The maximum Gasteiger partial charge on any atom is 0.254 e. The Bertz CT molecular complexity index is 812. The van der Waals surface area contributed by atoms with Crippen LogP contribution in [0.5, 0.6) is 0 Å². The summed E-state index contributed by atoms with van der Waals surface area (Å²) in [5, 5.41) is 7.00. The van der Waals surface area contributed by atoms with Crippen LogP contribution < -0.4 is 0 Å². The van der Waals surface area contributed by atoms with Gasteiger partial charge in [0.25, 0.3) is 5.92 Å². The number of nitrogens with zero attached hydrogens (tertiary/aromatic N) is 5. The van der Waals surface area contributed by atoms with E-state index in [0.29, 0.717) is 12.8 Å². The highest BCUT2D eigenvalue weighted by atomic mass is 32.2. The van der Waals surface area contributed by atoms with Crippen LogP contribution in [0.15, 0.2) is 39.3 Å². The number of carbonyl (C=O) groups is 1. The summed E-state index contributed by atoms with van der Waals surface area (Å²) in [5.41, 5.74) is 1.85. The fourth-order valence-electron chi connectivity index (χ4n) is 4.11. The lowest BCUT2D eigenvalue weighted by Gasteiger charge is -2.31. The standard InChI is InChI=1S/C17H28F2N2S.C8H9N3O.CH4O/c1-17(18,19)13-22-16-9-11-21(12-15(16)20-2)10-8-14-6-4-3-5-7-14;1-9-8(12)3-2-7-4-10-6-11-5-7;1-2/h14H,2-13H2,1H3;4-6H,1-3H2;2H,1H3. The Labute approximate surface area is 218 Å². The molecule has 1 aliphatic carbocycles. The summed E-state index contributed by atoms with van der Waals surface area (Å²) in [6.45, 7) is 10.6. The summed E-state index contributed by atoms with van der Waals surface area (Å²) in [4.78, 5) is 29.1. The van der Waals surface area contributed by atoms with Crippen molar-refractivity contribution in [3.05, 3.63) is 34.9 Å². The first kappa shape index (κ1) is 32.0. The van der Waals surface area contributed by atoms with E-state index in [1.165, 1.54) is 56.6 Å². The molecule has 0 saturated heterocycles. The number of aliphatic hydroxyl groups is 1. The summed E-state index contributed by atoms with van der Waals surface area (Å²) in [6.07, 6.45) is 14.8. The van der Waals surface area contributed by atoms with Gasteiger partial charge in [-0.15, -0.1) is 11.8 Å². The second kappa shape index (κ2) is 18.2. The van der Waals surface area contributed by atoms with Crippen molar-refractivity contribution in [1.29, 1.82) is 0 Å². The van der Waals surface area contributed by atoms with Crippen molar-refractivity contribution in [3.63, 3.8) is 0 Å². The van der Waals surface area contributed by atoms with E-state index in [0.717, 1.165) is 62.2 Å². The van der Waals surface area contributed by atoms with Gasteiger partial charge >= 0.3 is 0 Å². The van der Waals surface area contributed by atoms with Crippen molar-refractivity contribution in [1.82, 2.24) is 14.9 Å². The van der Waals surface area contributed by atoms with Gasteiger partial charge in [0.2, 0.25) is 5.91 Å². The minimum Gasteiger partial charge on any atom is -0.400 e. The van der Waals surface area contributed by atoms with Crippen LogP contribution in [-0.4, -0.2) is 77.7 Å². The van der Waals surface area contributed by atoms with Crippen LogP contribution in [0.1, 0.15) is 63.9 Å². The maximum atomic E-state index is 13.0. The quantitative estimate of drug-likeness (QED) is 0.422. The molecule has 0 atom stereocenters. The fourth-order valence-corrected chi connectivity index (χ4v) is 5.07. The van der Waals surface area contributed by atoms with Gasteiger partial charge < -0.3 is 5.11 Å². The third-order valence-electron chi connectivity index (χ3n) is 6.04. The molecule has 2 heterocycles. The van der Waals surface area contributed by atoms with Crippen molar-refractivity contribution >= 4 is 31.1 Å². The molecule has 1 fully saturated rings. The summed E-state index contributed by atoms with van der Waals surface area (Å²) in [6, 6.07) is 0. The molecule has 1 aliphatic heterocycles. The van der Waals surface area contributed by atoms with E-state index in [1.807, 2.05) is 0 Å². The number of thioether (sulfide) groups is 1. The van der Waals surface area contributed by atoms with Gasteiger partial charge in [0, 0.05) is 50.8 Å². The molecule has 2 aliphatic rings. The first-order valence-electron chi connectivity index (χ1n) is 12.4. The van der Waals surface area contributed by atoms with Gasteiger partial charge in [-0.3, -0.25) is 14.7 Å². The topological polar surface area (TPSA) is 91.0 Å². The zero-order chi connectivity index (χ0) is 26.8. The number of aliphatic imine (C=N–C) groups is 2. The minimum absolute atomic E-state index is 0.163. The number of halogens is 2. The van der Waals surface area contributed by atoms with E-state index >= 15 is 0 Å². The molecule has 0 unspecified atom stereocenters. The monoisotopic (exact) mass is 525 g/mol. The van der Waals surface area contributed by atoms with Crippen LogP contribution in [0.4, 0.5) is 8.78 Å². The molecule has 0 aromatic carbocycles. The highest BCUT2D eigenvalue weighted by Crippen LogP contribution is 2.33. The Morgan fingerprint density at radius 3 is 2.47 bits per heavy atom. The van der Waals surface area contributed by atoms with E-state index in [-0.39, 0.29) is 11.7 Å². The third-order valence-corrected chi connectivity index (χ3v) is 7.48. The van der Waals surface area contributed by atoms with E-state index in [4.69, 9.17) is 5.11 Å². The molecule has 10 heteroatoms. The van der Waals surface area contributed by atoms with Crippen LogP contribution in [0.3, 0.4) is 0 Å². The largest absolute Gasteiger partial charge is 0.400 e. The molecule has 36 heavy (non-hydrogen) atoms. The van der Waals surface area contributed by atoms with Crippen molar-refractivity contribution in [3.8, 4) is 0 Å². The van der Waals surface area contributed by atoms with E-state index in [1.54, 1.807) is 12.4 Å². The molecule has 0 radical (unpaired) electrons. The Balaban J connectivity index is 0.000000391. The second-order valence-corrected chi connectivity index (χ2v) is 10.1. The molecule has 202 valence electrons. The third kappa shape index (κ3) is 13.9. The van der Waals surface area contributed by atoms with Gasteiger partial charge in [-0.25, -0.2) is 23.7 Å². The smallest absolute Gasteiger partial charge is 0.254 e. The van der Waals surface area contributed by atoms with Gasteiger partial charge in [0.15, 0.2) is 0 Å². The van der Waals surface area contributed by atoms with Gasteiger partial charge in [-0.2, -0.15) is 0 Å². The fraction of sp³-hybridized carbons (Fsp3) is 0.654. The first-order chi connectivity index (χ1) is 17.3.